The van der Waals surface area contributed by atoms with Gasteiger partial charge in [0.15, 0.2) is 0 Å². The summed E-state index contributed by atoms with van der Waals surface area (Å²) in [6.45, 7) is 6.19. The first-order chi connectivity index (χ1) is 4.81. The summed E-state index contributed by atoms with van der Waals surface area (Å²) in [6.07, 6.45) is 3.97. The van der Waals surface area contributed by atoms with Crippen molar-refractivity contribution in [3.05, 3.63) is 11.6 Å². The zero-order chi connectivity index (χ0) is 8.70. The molecule has 1 aliphatic carbocycles. The Morgan fingerprint density at radius 2 is 1.91 bits per heavy atom. The van der Waals surface area contributed by atoms with E-state index in [1.54, 1.807) is 0 Å². The average Bonchev–Trinajstić information content (AvgIpc) is 1.49. The standard InChI is InChI=1S/C9H18N2/c1-7-4-8(2,10)6-9(3,11)5-7/h4H,5-6,10-11H2,1-3H3. The van der Waals surface area contributed by atoms with Crippen molar-refractivity contribution in [1.29, 1.82) is 0 Å². The van der Waals surface area contributed by atoms with Crippen LogP contribution in [0.3, 0.4) is 0 Å². The zero-order valence-electron chi connectivity index (χ0n) is 7.65. The summed E-state index contributed by atoms with van der Waals surface area (Å²) in [5.41, 5.74) is 13.0. The molecule has 2 unspecified atom stereocenters. The van der Waals surface area contributed by atoms with Gasteiger partial charge in [-0.15, -0.1) is 0 Å². The molecule has 4 N–H and O–H groups in total. The molecule has 0 saturated carbocycles. The van der Waals surface area contributed by atoms with Crippen LogP contribution in [-0.4, -0.2) is 11.1 Å². The van der Waals surface area contributed by atoms with Crippen molar-refractivity contribution in [2.75, 3.05) is 0 Å². The Kier molecular flexibility index (Phi) is 1.85. The minimum absolute atomic E-state index is 0.109. The molecular formula is C9H18N2. The van der Waals surface area contributed by atoms with Gasteiger partial charge in [-0.2, -0.15) is 0 Å². The highest BCUT2D eigenvalue weighted by molar-refractivity contribution is 5.19. The fourth-order valence-corrected chi connectivity index (χ4v) is 2.23. The molecule has 2 heteroatoms. The van der Waals surface area contributed by atoms with Crippen LogP contribution in [0.5, 0.6) is 0 Å². The highest BCUT2D eigenvalue weighted by atomic mass is 14.8. The fraction of sp³-hybridized carbons (Fsp3) is 0.778. The van der Waals surface area contributed by atoms with Gasteiger partial charge in [-0.05, 0) is 33.6 Å². The predicted molar refractivity (Wildman–Crippen MR) is 48.2 cm³/mol. The molecule has 64 valence electrons. The fourth-order valence-electron chi connectivity index (χ4n) is 2.23. The molecule has 0 heterocycles. The summed E-state index contributed by atoms with van der Waals surface area (Å²) >= 11 is 0. The van der Waals surface area contributed by atoms with E-state index in [2.05, 4.69) is 19.9 Å². The average molecular weight is 154 g/mol. The van der Waals surface area contributed by atoms with Crippen LogP contribution in [0.1, 0.15) is 33.6 Å². The van der Waals surface area contributed by atoms with Gasteiger partial charge in [-0.3, -0.25) is 0 Å². The maximum absolute atomic E-state index is 6.02. The van der Waals surface area contributed by atoms with E-state index in [9.17, 15) is 0 Å². The summed E-state index contributed by atoms with van der Waals surface area (Å²) in [4.78, 5) is 0. The van der Waals surface area contributed by atoms with Gasteiger partial charge in [0.25, 0.3) is 0 Å². The van der Waals surface area contributed by atoms with Gasteiger partial charge in [0, 0.05) is 11.1 Å². The molecule has 0 radical (unpaired) electrons. The van der Waals surface area contributed by atoms with Gasteiger partial charge in [0.1, 0.15) is 0 Å². The quantitative estimate of drug-likeness (QED) is 0.514. The summed E-state index contributed by atoms with van der Waals surface area (Å²) in [6, 6.07) is 0. The van der Waals surface area contributed by atoms with Crippen molar-refractivity contribution in [1.82, 2.24) is 0 Å². The lowest BCUT2D eigenvalue weighted by Crippen LogP contribution is -2.50. The summed E-state index contributed by atoms with van der Waals surface area (Å²) in [5.74, 6) is 0. The molecule has 2 atom stereocenters. The van der Waals surface area contributed by atoms with Crippen molar-refractivity contribution in [3.8, 4) is 0 Å². The third-order valence-electron chi connectivity index (χ3n) is 2.04. The van der Waals surface area contributed by atoms with Crippen molar-refractivity contribution < 1.29 is 0 Å². The van der Waals surface area contributed by atoms with Gasteiger partial charge in [0.05, 0.1) is 0 Å². The third-order valence-corrected chi connectivity index (χ3v) is 2.04. The van der Waals surface area contributed by atoms with Gasteiger partial charge in [-0.25, -0.2) is 0 Å². The normalized spacial score (nSPS) is 45.4. The zero-order valence-corrected chi connectivity index (χ0v) is 7.65. The van der Waals surface area contributed by atoms with Gasteiger partial charge >= 0.3 is 0 Å². The SMILES string of the molecule is CC1=CC(C)(N)CC(C)(N)C1. The van der Waals surface area contributed by atoms with Crippen LogP contribution >= 0.6 is 0 Å². The van der Waals surface area contributed by atoms with E-state index >= 15 is 0 Å². The second-order valence-electron chi connectivity index (χ2n) is 4.50. The van der Waals surface area contributed by atoms with Crippen LogP contribution in [0.15, 0.2) is 11.6 Å². The molecule has 0 saturated heterocycles. The number of hydrogen-bond acceptors (Lipinski definition) is 2. The number of rotatable bonds is 0. The largest absolute Gasteiger partial charge is 0.325 e. The first-order valence-corrected chi connectivity index (χ1v) is 4.07. The summed E-state index contributed by atoms with van der Waals surface area (Å²) < 4.78 is 0. The molecule has 0 spiro atoms. The number of hydrogen-bond donors (Lipinski definition) is 2. The maximum Gasteiger partial charge on any atom is 0.0330 e. The lowest BCUT2D eigenvalue weighted by atomic mass is 9.76. The first-order valence-electron chi connectivity index (χ1n) is 4.07. The Hall–Kier alpha value is -0.340. The van der Waals surface area contributed by atoms with Crippen LogP contribution in [-0.2, 0) is 0 Å². The Labute approximate surface area is 68.6 Å². The molecule has 0 aliphatic heterocycles. The highest BCUT2D eigenvalue weighted by Crippen LogP contribution is 2.30. The third kappa shape index (κ3) is 2.31. The lowest BCUT2D eigenvalue weighted by molar-refractivity contribution is 0.329. The van der Waals surface area contributed by atoms with Crippen molar-refractivity contribution >= 4 is 0 Å². The van der Waals surface area contributed by atoms with E-state index in [-0.39, 0.29) is 11.1 Å². The molecule has 0 fully saturated rings. The molecule has 11 heavy (non-hydrogen) atoms. The van der Waals surface area contributed by atoms with Crippen molar-refractivity contribution in [2.45, 2.75) is 44.7 Å². The van der Waals surface area contributed by atoms with Crippen LogP contribution in [0, 0.1) is 0 Å². The second kappa shape index (κ2) is 2.32. The second-order valence-corrected chi connectivity index (χ2v) is 4.50. The van der Waals surface area contributed by atoms with E-state index in [0.29, 0.717) is 0 Å². The molecular weight excluding hydrogens is 136 g/mol. The van der Waals surface area contributed by atoms with Crippen molar-refractivity contribution in [3.63, 3.8) is 0 Å². The Bertz CT molecular complexity index is 190. The van der Waals surface area contributed by atoms with E-state index in [1.807, 2.05) is 6.92 Å². The first kappa shape index (κ1) is 8.75. The Morgan fingerprint density at radius 3 is 2.27 bits per heavy atom. The lowest BCUT2D eigenvalue weighted by Gasteiger charge is -2.38. The summed E-state index contributed by atoms with van der Waals surface area (Å²) in [7, 11) is 0. The van der Waals surface area contributed by atoms with Crippen molar-refractivity contribution in [2.24, 2.45) is 11.5 Å². The number of nitrogens with two attached hydrogens (primary N) is 2. The van der Waals surface area contributed by atoms with Gasteiger partial charge < -0.3 is 11.5 Å². The molecule has 1 aliphatic rings. The highest BCUT2D eigenvalue weighted by Gasteiger charge is 2.32. The topological polar surface area (TPSA) is 52.0 Å². The van der Waals surface area contributed by atoms with E-state index < -0.39 is 0 Å². The van der Waals surface area contributed by atoms with E-state index in [4.69, 9.17) is 11.5 Å². The molecule has 1 rings (SSSR count). The van der Waals surface area contributed by atoms with Gasteiger partial charge in [0.2, 0.25) is 0 Å². The molecule has 0 aromatic carbocycles. The minimum Gasteiger partial charge on any atom is -0.325 e. The maximum atomic E-state index is 6.02. The van der Waals surface area contributed by atoms with E-state index in [0.717, 1.165) is 12.8 Å². The van der Waals surface area contributed by atoms with E-state index in [1.165, 1.54) is 5.57 Å². The van der Waals surface area contributed by atoms with Gasteiger partial charge in [-0.1, -0.05) is 11.6 Å². The minimum atomic E-state index is -0.203. The van der Waals surface area contributed by atoms with Crippen LogP contribution in [0.25, 0.3) is 0 Å². The van der Waals surface area contributed by atoms with Crippen LogP contribution in [0.4, 0.5) is 0 Å². The Morgan fingerprint density at radius 1 is 1.36 bits per heavy atom. The molecule has 0 amide bonds. The smallest absolute Gasteiger partial charge is 0.0330 e. The molecule has 0 bridgehead atoms. The molecule has 0 aromatic heterocycles. The summed E-state index contributed by atoms with van der Waals surface area (Å²) in [5, 5.41) is 0. The van der Waals surface area contributed by atoms with Crippen LogP contribution < -0.4 is 11.5 Å². The predicted octanol–water partition coefficient (Wildman–Crippen LogP) is 1.16. The Balaban J connectivity index is 2.86. The van der Waals surface area contributed by atoms with Crippen LogP contribution in [0.2, 0.25) is 0 Å². The monoisotopic (exact) mass is 154 g/mol. The molecule has 2 nitrogen and oxygen atoms in total. The molecule has 0 aromatic rings.